The summed E-state index contributed by atoms with van der Waals surface area (Å²) in [5.41, 5.74) is 0. The molecule has 0 aliphatic heterocycles. The molecule has 0 unspecified atom stereocenters. The quantitative estimate of drug-likeness (QED) is 0.564. The largest absolute Gasteiger partial charge is 0.393 e. The molecule has 0 aliphatic carbocycles. The van der Waals surface area contributed by atoms with Crippen LogP contribution in [0, 0.1) is 6.10 Å². The third kappa shape index (κ3) is 4.18. The second-order valence-electron chi connectivity index (χ2n) is 1.62. The van der Waals surface area contributed by atoms with E-state index in [1.807, 2.05) is 6.92 Å². The van der Waals surface area contributed by atoms with Crippen molar-refractivity contribution >= 4 is 0 Å². The van der Waals surface area contributed by atoms with Crippen LogP contribution < -0.4 is 0 Å². The summed E-state index contributed by atoms with van der Waals surface area (Å²) in [5, 5.41) is 8.58. The van der Waals surface area contributed by atoms with Crippen LogP contribution in [0.25, 0.3) is 0 Å². The molecule has 2 heteroatoms. The molecule has 1 radical (unpaired) electrons. The Bertz CT molecular complexity index is 71.3. The van der Waals surface area contributed by atoms with Crippen molar-refractivity contribution in [3.05, 3.63) is 18.8 Å². The normalized spacial score (nSPS) is 10.1. The minimum absolute atomic E-state index is 0.000139. The molecule has 2 nitrogen and oxygen atoms in total. The summed E-state index contributed by atoms with van der Waals surface area (Å²) in [6.07, 6.45) is 3.04. The maximum Gasteiger partial charge on any atom is 0.126 e. The van der Waals surface area contributed by atoms with Gasteiger partial charge in [0, 0.05) is 6.61 Å². The minimum atomic E-state index is -0.000139. The summed E-state index contributed by atoms with van der Waals surface area (Å²) in [6.45, 7) is 6.02. The number of ether oxygens (including phenoxy) is 1. The van der Waals surface area contributed by atoms with Crippen LogP contribution in [0.4, 0.5) is 0 Å². The highest BCUT2D eigenvalue weighted by atomic mass is 16.5. The van der Waals surface area contributed by atoms with E-state index in [2.05, 4.69) is 6.58 Å². The molecule has 0 aromatic rings. The van der Waals surface area contributed by atoms with Gasteiger partial charge in [0.25, 0.3) is 0 Å². The van der Waals surface area contributed by atoms with Crippen LogP contribution in [0.3, 0.4) is 0 Å². The Balaban J connectivity index is 3.28. The number of hydrogen-bond donors (Lipinski definition) is 1. The predicted molar refractivity (Wildman–Crippen MR) is 36.8 cm³/mol. The second-order valence-corrected chi connectivity index (χ2v) is 1.62. The van der Waals surface area contributed by atoms with Gasteiger partial charge in [-0.2, -0.15) is 0 Å². The van der Waals surface area contributed by atoms with Crippen LogP contribution in [-0.4, -0.2) is 18.3 Å². The summed E-state index contributed by atoms with van der Waals surface area (Å²) in [5.74, 6) is 0. The summed E-state index contributed by atoms with van der Waals surface area (Å²) < 4.78 is 5.03. The molecule has 53 valence electrons. The molecule has 0 rings (SSSR count). The topological polar surface area (TPSA) is 29.5 Å². The van der Waals surface area contributed by atoms with E-state index in [-0.39, 0.29) is 6.61 Å². The van der Waals surface area contributed by atoms with Gasteiger partial charge in [-0.1, -0.05) is 6.08 Å². The first kappa shape index (κ1) is 8.66. The Hall–Kier alpha value is -0.340. The molecular formula is C7H13O2. The Labute approximate surface area is 56.1 Å². The lowest BCUT2D eigenvalue weighted by atomic mass is 10.3. The van der Waals surface area contributed by atoms with E-state index < -0.39 is 0 Å². The van der Waals surface area contributed by atoms with Gasteiger partial charge in [0.1, 0.15) is 6.10 Å². The van der Waals surface area contributed by atoms with Crippen molar-refractivity contribution in [3.8, 4) is 0 Å². The molecule has 0 fully saturated rings. The predicted octanol–water partition coefficient (Wildman–Crippen LogP) is 1.12. The molecule has 0 amide bonds. The number of hydrogen-bond acceptors (Lipinski definition) is 2. The van der Waals surface area contributed by atoms with Crippen molar-refractivity contribution in [1.29, 1.82) is 0 Å². The van der Waals surface area contributed by atoms with Crippen molar-refractivity contribution in [1.82, 2.24) is 0 Å². The van der Waals surface area contributed by atoms with E-state index in [1.54, 1.807) is 6.08 Å². The molecule has 0 aromatic carbocycles. The monoisotopic (exact) mass is 129 g/mol. The van der Waals surface area contributed by atoms with E-state index >= 15 is 0 Å². The molecule has 0 aromatic heterocycles. The SMILES string of the molecule is C=CC[C](CO)OCC. The van der Waals surface area contributed by atoms with Crippen LogP contribution in [-0.2, 0) is 4.74 Å². The average Bonchev–Trinajstić information content (AvgIpc) is 1.88. The van der Waals surface area contributed by atoms with E-state index in [0.717, 1.165) is 0 Å². The van der Waals surface area contributed by atoms with Crippen LogP contribution >= 0.6 is 0 Å². The molecule has 0 bridgehead atoms. The Morgan fingerprint density at radius 1 is 1.78 bits per heavy atom. The molecule has 0 heterocycles. The van der Waals surface area contributed by atoms with E-state index in [9.17, 15) is 0 Å². The van der Waals surface area contributed by atoms with E-state index in [1.165, 1.54) is 0 Å². The zero-order valence-corrected chi connectivity index (χ0v) is 5.76. The number of rotatable bonds is 5. The summed E-state index contributed by atoms with van der Waals surface area (Å²) in [6, 6.07) is 0. The van der Waals surface area contributed by atoms with Crippen LogP contribution in [0.2, 0.25) is 0 Å². The van der Waals surface area contributed by atoms with Gasteiger partial charge in [0.15, 0.2) is 0 Å². The smallest absolute Gasteiger partial charge is 0.126 e. The lowest BCUT2D eigenvalue weighted by Gasteiger charge is -2.08. The zero-order valence-electron chi connectivity index (χ0n) is 5.76. The lowest BCUT2D eigenvalue weighted by Crippen LogP contribution is -2.06. The first-order chi connectivity index (χ1) is 4.35. The molecule has 9 heavy (non-hydrogen) atoms. The Morgan fingerprint density at radius 2 is 2.44 bits per heavy atom. The highest BCUT2D eigenvalue weighted by molar-refractivity contribution is 4.86. The van der Waals surface area contributed by atoms with Gasteiger partial charge in [0.05, 0.1) is 6.61 Å². The van der Waals surface area contributed by atoms with Gasteiger partial charge in [-0.25, -0.2) is 0 Å². The highest BCUT2D eigenvalue weighted by Gasteiger charge is 2.03. The fraction of sp³-hybridized carbons (Fsp3) is 0.571. The first-order valence-corrected chi connectivity index (χ1v) is 3.04. The van der Waals surface area contributed by atoms with Gasteiger partial charge >= 0.3 is 0 Å². The maximum atomic E-state index is 8.58. The third-order valence-corrected chi connectivity index (χ3v) is 0.897. The van der Waals surface area contributed by atoms with E-state index in [0.29, 0.717) is 19.1 Å². The Morgan fingerprint density at radius 3 is 2.78 bits per heavy atom. The highest BCUT2D eigenvalue weighted by Crippen LogP contribution is 2.05. The standard InChI is InChI=1S/C7H13O2/c1-3-5-7(6-8)9-4-2/h3,8H,1,4-6H2,2H3. The van der Waals surface area contributed by atoms with Crippen molar-refractivity contribution < 1.29 is 9.84 Å². The second kappa shape index (κ2) is 5.79. The lowest BCUT2D eigenvalue weighted by molar-refractivity contribution is 0.103. The summed E-state index contributed by atoms with van der Waals surface area (Å²) in [4.78, 5) is 0. The third-order valence-electron chi connectivity index (χ3n) is 0.897. The Kier molecular flexibility index (Phi) is 5.57. The van der Waals surface area contributed by atoms with Crippen molar-refractivity contribution in [2.75, 3.05) is 13.2 Å². The molecule has 0 saturated heterocycles. The molecule has 0 saturated carbocycles. The van der Waals surface area contributed by atoms with Gasteiger partial charge in [-0.3, -0.25) is 0 Å². The zero-order chi connectivity index (χ0) is 7.11. The number of aliphatic hydroxyl groups excluding tert-OH is 1. The van der Waals surface area contributed by atoms with Crippen molar-refractivity contribution in [3.63, 3.8) is 0 Å². The van der Waals surface area contributed by atoms with Gasteiger partial charge < -0.3 is 9.84 Å². The fourth-order valence-corrected chi connectivity index (χ4v) is 0.534. The molecule has 0 atom stereocenters. The van der Waals surface area contributed by atoms with Crippen molar-refractivity contribution in [2.24, 2.45) is 0 Å². The van der Waals surface area contributed by atoms with Gasteiger partial charge in [-0.15, -0.1) is 6.58 Å². The minimum Gasteiger partial charge on any atom is -0.393 e. The molecule has 0 aliphatic rings. The number of aliphatic hydroxyl groups is 1. The first-order valence-electron chi connectivity index (χ1n) is 3.04. The van der Waals surface area contributed by atoms with Gasteiger partial charge in [0.2, 0.25) is 0 Å². The van der Waals surface area contributed by atoms with Crippen molar-refractivity contribution in [2.45, 2.75) is 13.3 Å². The van der Waals surface area contributed by atoms with Gasteiger partial charge in [-0.05, 0) is 13.3 Å². The summed E-state index contributed by atoms with van der Waals surface area (Å²) >= 11 is 0. The molecule has 1 N–H and O–H groups in total. The summed E-state index contributed by atoms with van der Waals surface area (Å²) in [7, 11) is 0. The van der Waals surface area contributed by atoms with Crippen LogP contribution in [0.5, 0.6) is 0 Å². The molecule has 0 spiro atoms. The van der Waals surface area contributed by atoms with Crippen LogP contribution in [0.15, 0.2) is 12.7 Å². The molecular weight excluding hydrogens is 116 g/mol. The van der Waals surface area contributed by atoms with Crippen LogP contribution in [0.1, 0.15) is 13.3 Å². The average molecular weight is 129 g/mol. The fourth-order valence-electron chi connectivity index (χ4n) is 0.534. The van der Waals surface area contributed by atoms with E-state index in [4.69, 9.17) is 9.84 Å². The maximum absolute atomic E-state index is 8.58.